The highest BCUT2D eigenvalue weighted by atomic mass is 32.2. The molecule has 3 nitrogen and oxygen atoms in total. The highest BCUT2D eigenvalue weighted by molar-refractivity contribution is 7.86. The molecule has 1 fully saturated rings. The zero-order valence-corrected chi connectivity index (χ0v) is 10.5. The van der Waals surface area contributed by atoms with Crippen LogP contribution in [0.1, 0.15) is 52.4 Å². The second-order valence-electron chi connectivity index (χ2n) is 4.63. The Hall–Kier alpha value is -0.0900. The fourth-order valence-corrected chi connectivity index (χ4v) is 3.68. The van der Waals surface area contributed by atoms with Crippen LogP contribution in [0.5, 0.6) is 0 Å². The molecule has 0 saturated heterocycles. The third-order valence-corrected chi connectivity index (χ3v) is 5.17. The molecular formula is C11H22O3S. The Morgan fingerprint density at radius 3 is 1.93 bits per heavy atom. The second-order valence-corrected chi connectivity index (χ2v) is 6.32. The van der Waals surface area contributed by atoms with Gasteiger partial charge in [0, 0.05) is 0 Å². The molecule has 1 aliphatic rings. The van der Waals surface area contributed by atoms with E-state index in [9.17, 15) is 8.42 Å². The van der Waals surface area contributed by atoms with Crippen molar-refractivity contribution in [1.82, 2.24) is 0 Å². The van der Waals surface area contributed by atoms with Gasteiger partial charge in [-0.2, -0.15) is 8.42 Å². The lowest BCUT2D eigenvalue weighted by molar-refractivity contribution is 0.234. The van der Waals surface area contributed by atoms with Crippen LogP contribution in [-0.2, 0) is 10.1 Å². The molecule has 15 heavy (non-hydrogen) atoms. The molecule has 0 aliphatic heterocycles. The van der Waals surface area contributed by atoms with E-state index in [0.29, 0.717) is 18.8 Å². The summed E-state index contributed by atoms with van der Waals surface area (Å²) in [6.45, 7) is 4.39. The van der Waals surface area contributed by atoms with Crippen LogP contribution < -0.4 is 0 Å². The van der Waals surface area contributed by atoms with Crippen LogP contribution in [0.2, 0.25) is 0 Å². The summed E-state index contributed by atoms with van der Waals surface area (Å²) in [7, 11) is -3.79. The number of hydrogen-bond acceptors (Lipinski definition) is 2. The zero-order chi connectivity index (χ0) is 11.5. The SMILES string of the molecule is CCC(CC)C1CCC(S(=O)(=O)O)CC1. The summed E-state index contributed by atoms with van der Waals surface area (Å²) >= 11 is 0. The predicted molar refractivity (Wildman–Crippen MR) is 61.4 cm³/mol. The van der Waals surface area contributed by atoms with Crippen LogP contribution in [0, 0.1) is 11.8 Å². The molecule has 0 radical (unpaired) electrons. The first kappa shape index (κ1) is 13.0. The van der Waals surface area contributed by atoms with E-state index in [0.717, 1.165) is 18.8 Å². The van der Waals surface area contributed by atoms with Gasteiger partial charge in [0.2, 0.25) is 0 Å². The van der Waals surface area contributed by atoms with E-state index in [4.69, 9.17) is 4.55 Å². The maximum atomic E-state index is 11.0. The first-order valence-corrected chi connectivity index (χ1v) is 7.45. The van der Waals surface area contributed by atoms with Crippen molar-refractivity contribution < 1.29 is 13.0 Å². The summed E-state index contributed by atoms with van der Waals surface area (Å²) in [6.07, 6.45) is 5.54. The van der Waals surface area contributed by atoms with Crippen LogP contribution in [0.25, 0.3) is 0 Å². The van der Waals surface area contributed by atoms with Crippen molar-refractivity contribution >= 4 is 10.1 Å². The third kappa shape index (κ3) is 3.45. The van der Waals surface area contributed by atoms with Gasteiger partial charge < -0.3 is 0 Å². The minimum absolute atomic E-state index is 0.497. The fourth-order valence-electron chi connectivity index (χ4n) is 2.81. The fraction of sp³-hybridized carbons (Fsp3) is 1.00. The maximum Gasteiger partial charge on any atom is 0.267 e. The van der Waals surface area contributed by atoms with E-state index in [1.807, 2.05) is 0 Å². The molecule has 0 atom stereocenters. The first-order valence-electron chi connectivity index (χ1n) is 5.95. The van der Waals surface area contributed by atoms with Crippen molar-refractivity contribution in [2.75, 3.05) is 0 Å². The van der Waals surface area contributed by atoms with Crippen molar-refractivity contribution in [3.05, 3.63) is 0 Å². The maximum absolute atomic E-state index is 11.0. The van der Waals surface area contributed by atoms with Gasteiger partial charge in [0.1, 0.15) is 0 Å². The lowest BCUT2D eigenvalue weighted by Gasteiger charge is -2.31. The van der Waals surface area contributed by atoms with Gasteiger partial charge >= 0.3 is 0 Å². The average molecular weight is 234 g/mol. The van der Waals surface area contributed by atoms with Crippen LogP contribution in [0.4, 0.5) is 0 Å². The summed E-state index contributed by atoms with van der Waals surface area (Å²) in [5.41, 5.74) is 0. The van der Waals surface area contributed by atoms with Crippen molar-refractivity contribution in [3.8, 4) is 0 Å². The third-order valence-electron chi connectivity index (χ3n) is 3.86. The molecule has 0 bridgehead atoms. The first-order chi connectivity index (χ1) is 6.99. The molecule has 1 rings (SSSR count). The van der Waals surface area contributed by atoms with Gasteiger partial charge in [0.05, 0.1) is 5.25 Å². The van der Waals surface area contributed by atoms with Crippen LogP contribution in [-0.4, -0.2) is 18.2 Å². The van der Waals surface area contributed by atoms with Crippen LogP contribution in [0.3, 0.4) is 0 Å². The average Bonchev–Trinajstić information content (AvgIpc) is 2.19. The molecular weight excluding hydrogens is 212 g/mol. The molecule has 0 unspecified atom stereocenters. The molecule has 1 aliphatic carbocycles. The van der Waals surface area contributed by atoms with E-state index in [2.05, 4.69) is 13.8 Å². The van der Waals surface area contributed by atoms with E-state index in [1.54, 1.807) is 0 Å². The van der Waals surface area contributed by atoms with E-state index >= 15 is 0 Å². The number of hydrogen-bond donors (Lipinski definition) is 1. The molecule has 1 saturated carbocycles. The highest BCUT2D eigenvalue weighted by Gasteiger charge is 2.31. The minimum atomic E-state index is -3.79. The Balaban J connectivity index is 2.49. The molecule has 90 valence electrons. The van der Waals surface area contributed by atoms with Gasteiger partial charge in [-0.15, -0.1) is 0 Å². The Morgan fingerprint density at radius 1 is 1.13 bits per heavy atom. The minimum Gasteiger partial charge on any atom is -0.285 e. The smallest absolute Gasteiger partial charge is 0.267 e. The van der Waals surface area contributed by atoms with E-state index in [1.165, 1.54) is 12.8 Å². The van der Waals surface area contributed by atoms with Gasteiger partial charge in [0.15, 0.2) is 0 Å². The standard InChI is InChI=1S/C11H22O3S/c1-3-9(4-2)10-5-7-11(8-6-10)15(12,13)14/h9-11H,3-8H2,1-2H3,(H,12,13,14). The number of rotatable bonds is 4. The zero-order valence-electron chi connectivity index (χ0n) is 9.65. The Kier molecular flexibility index (Phi) is 4.59. The summed E-state index contributed by atoms with van der Waals surface area (Å²) in [4.78, 5) is 0. The highest BCUT2D eigenvalue weighted by Crippen LogP contribution is 2.35. The Morgan fingerprint density at radius 2 is 1.60 bits per heavy atom. The van der Waals surface area contributed by atoms with Crippen molar-refractivity contribution in [1.29, 1.82) is 0 Å². The lowest BCUT2D eigenvalue weighted by atomic mass is 9.77. The topological polar surface area (TPSA) is 54.4 Å². The van der Waals surface area contributed by atoms with Crippen LogP contribution >= 0.6 is 0 Å². The summed E-state index contributed by atoms with van der Waals surface area (Å²) in [5.74, 6) is 1.39. The van der Waals surface area contributed by atoms with Gasteiger partial charge in [-0.25, -0.2) is 0 Å². The Bertz CT molecular complexity index is 272. The van der Waals surface area contributed by atoms with E-state index < -0.39 is 15.4 Å². The molecule has 0 spiro atoms. The van der Waals surface area contributed by atoms with Crippen LogP contribution in [0.15, 0.2) is 0 Å². The van der Waals surface area contributed by atoms with Gasteiger partial charge in [-0.3, -0.25) is 4.55 Å². The van der Waals surface area contributed by atoms with Crippen molar-refractivity contribution in [2.24, 2.45) is 11.8 Å². The molecule has 4 heteroatoms. The van der Waals surface area contributed by atoms with Gasteiger partial charge in [-0.05, 0) is 37.5 Å². The largest absolute Gasteiger partial charge is 0.285 e. The van der Waals surface area contributed by atoms with E-state index in [-0.39, 0.29) is 0 Å². The molecule has 0 amide bonds. The van der Waals surface area contributed by atoms with Crippen molar-refractivity contribution in [2.45, 2.75) is 57.6 Å². The predicted octanol–water partition coefficient (Wildman–Crippen LogP) is 2.87. The van der Waals surface area contributed by atoms with Crippen molar-refractivity contribution in [3.63, 3.8) is 0 Å². The van der Waals surface area contributed by atoms with Gasteiger partial charge in [-0.1, -0.05) is 26.7 Å². The molecule has 0 aromatic heterocycles. The lowest BCUT2D eigenvalue weighted by Crippen LogP contribution is -2.29. The molecule has 0 aromatic carbocycles. The molecule has 0 heterocycles. The molecule has 0 aromatic rings. The summed E-state index contributed by atoms with van der Waals surface area (Å²) in [6, 6.07) is 0. The monoisotopic (exact) mass is 234 g/mol. The second kappa shape index (κ2) is 5.30. The molecule has 1 N–H and O–H groups in total. The van der Waals surface area contributed by atoms with Gasteiger partial charge in [0.25, 0.3) is 10.1 Å². The Labute approximate surface area is 93.0 Å². The summed E-state index contributed by atoms with van der Waals surface area (Å²) in [5, 5.41) is -0.497. The normalized spacial score (nSPS) is 28.3. The summed E-state index contributed by atoms with van der Waals surface area (Å²) < 4.78 is 30.9. The quantitative estimate of drug-likeness (QED) is 0.761.